The van der Waals surface area contributed by atoms with Crippen molar-refractivity contribution in [1.82, 2.24) is 4.90 Å². The number of hydrogen-bond donors (Lipinski definition) is 2. The maximum atomic E-state index is 13.2. The van der Waals surface area contributed by atoms with Crippen LogP contribution in [0.2, 0.25) is 5.02 Å². The van der Waals surface area contributed by atoms with Gasteiger partial charge >= 0.3 is 6.03 Å². The Morgan fingerprint density at radius 1 is 1.17 bits per heavy atom. The number of anilines is 2. The molecule has 30 heavy (non-hydrogen) atoms. The Kier molecular flexibility index (Phi) is 5.99. The van der Waals surface area contributed by atoms with Crippen LogP contribution in [0.15, 0.2) is 36.4 Å². The van der Waals surface area contributed by atoms with E-state index in [-0.39, 0.29) is 11.9 Å². The number of fused-ring (bicyclic) bond motifs is 2. The number of halogens is 1. The van der Waals surface area contributed by atoms with E-state index in [1.165, 1.54) is 7.11 Å². The molecule has 2 aliphatic rings. The Morgan fingerprint density at radius 3 is 2.87 bits per heavy atom. The minimum absolute atomic E-state index is 0.0463. The van der Waals surface area contributed by atoms with Crippen LogP contribution in [0.3, 0.4) is 0 Å². The molecule has 0 spiro atoms. The lowest BCUT2D eigenvalue weighted by molar-refractivity contribution is 0.0548. The van der Waals surface area contributed by atoms with Crippen LogP contribution < -0.4 is 20.1 Å². The largest absolute Gasteiger partial charge is 0.495 e. The van der Waals surface area contributed by atoms with Gasteiger partial charge in [0.25, 0.3) is 5.91 Å². The normalized spacial score (nSPS) is 18.3. The van der Waals surface area contributed by atoms with Crippen LogP contribution in [0.4, 0.5) is 16.2 Å². The van der Waals surface area contributed by atoms with Gasteiger partial charge in [0.05, 0.1) is 25.0 Å². The van der Waals surface area contributed by atoms with E-state index in [0.29, 0.717) is 40.1 Å². The topological polar surface area (TPSA) is 79.9 Å². The van der Waals surface area contributed by atoms with Gasteiger partial charge in [-0.1, -0.05) is 11.6 Å². The second-order valence-corrected chi connectivity index (χ2v) is 7.86. The van der Waals surface area contributed by atoms with E-state index in [4.69, 9.17) is 21.1 Å². The number of hydrogen-bond acceptors (Lipinski definition) is 4. The smallest absolute Gasteiger partial charge is 0.323 e. The zero-order chi connectivity index (χ0) is 21.1. The second kappa shape index (κ2) is 8.83. The highest BCUT2D eigenvalue weighted by molar-refractivity contribution is 6.31. The molecule has 0 aromatic heterocycles. The summed E-state index contributed by atoms with van der Waals surface area (Å²) in [6.45, 7) is 1.33. The van der Waals surface area contributed by atoms with Gasteiger partial charge in [-0.2, -0.15) is 0 Å². The van der Waals surface area contributed by atoms with Crippen molar-refractivity contribution in [3.63, 3.8) is 0 Å². The fourth-order valence-electron chi connectivity index (χ4n) is 3.99. The molecule has 2 N–H and O–H groups in total. The van der Waals surface area contributed by atoms with Crippen LogP contribution in [0.5, 0.6) is 11.5 Å². The van der Waals surface area contributed by atoms with Crippen LogP contribution in [0.1, 0.15) is 36.0 Å². The number of methoxy groups -OCH3 is 1. The van der Waals surface area contributed by atoms with Gasteiger partial charge in [0.2, 0.25) is 0 Å². The fraction of sp³-hybridized carbons (Fsp3) is 0.364. The Balaban J connectivity index is 1.53. The van der Waals surface area contributed by atoms with E-state index in [9.17, 15) is 9.59 Å². The summed E-state index contributed by atoms with van der Waals surface area (Å²) in [7, 11) is 1.51. The van der Waals surface area contributed by atoms with Crippen molar-refractivity contribution >= 4 is 34.9 Å². The Bertz CT molecular complexity index is 965. The SMILES string of the molecule is COc1ccc(Cl)cc1NC(=O)Nc1ccc2c(c1)C(=O)N1CCCC[C@@H]1CCO2. The lowest BCUT2D eigenvalue weighted by Crippen LogP contribution is -2.45. The van der Waals surface area contributed by atoms with Crippen LogP contribution >= 0.6 is 11.6 Å². The van der Waals surface area contributed by atoms with Crippen molar-refractivity contribution in [2.45, 2.75) is 31.7 Å². The minimum Gasteiger partial charge on any atom is -0.495 e. The molecule has 158 valence electrons. The molecule has 2 aromatic carbocycles. The maximum Gasteiger partial charge on any atom is 0.323 e. The van der Waals surface area contributed by atoms with Crippen molar-refractivity contribution in [3.8, 4) is 11.5 Å². The number of amides is 3. The van der Waals surface area contributed by atoms with Crippen molar-refractivity contribution < 1.29 is 19.1 Å². The van der Waals surface area contributed by atoms with Gasteiger partial charge in [-0.05, 0) is 55.7 Å². The Hall–Kier alpha value is -2.93. The first-order chi connectivity index (χ1) is 14.5. The Morgan fingerprint density at radius 2 is 2.03 bits per heavy atom. The summed E-state index contributed by atoms with van der Waals surface area (Å²) >= 11 is 6.01. The van der Waals surface area contributed by atoms with Gasteiger partial charge in [0, 0.05) is 29.7 Å². The molecule has 3 amide bonds. The number of benzene rings is 2. The summed E-state index contributed by atoms with van der Waals surface area (Å²) in [5.41, 5.74) is 1.42. The highest BCUT2D eigenvalue weighted by Crippen LogP contribution is 2.31. The highest BCUT2D eigenvalue weighted by Gasteiger charge is 2.31. The minimum atomic E-state index is -0.467. The first-order valence-corrected chi connectivity index (χ1v) is 10.4. The van der Waals surface area contributed by atoms with Gasteiger partial charge in [0.1, 0.15) is 11.5 Å². The van der Waals surface area contributed by atoms with Gasteiger partial charge in [0.15, 0.2) is 0 Å². The monoisotopic (exact) mass is 429 g/mol. The predicted octanol–water partition coefficient (Wildman–Crippen LogP) is 4.77. The number of ether oxygens (including phenoxy) is 2. The fourth-order valence-corrected chi connectivity index (χ4v) is 4.16. The summed E-state index contributed by atoms with van der Waals surface area (Å²) in [5.74, 6) is 0.994. The van der Waals surface area contributed by atoms with Crippen molar-refractivity contribution in [2.75, 3.05) is 30.9 Å². The number of rotatable bonds is 3. The average molecular weight is 430 g/mol. The summed E-state index contributed by atoms with van der Waals surface area (Å²) in [5, 5.41) is 5.97. The van der Waals surface area contributed by atoms with Gasteiger partial charge in [-0.25, -0.2) is 4.79 Å². The number of nitrogens with one attached hydrogen (secondary N) is 2. The van der Waals surface area contributed by atoms with Crippen molar-refractivity contribution in [2.24, 2.45) is 0 Å². The zero-order valence-electron chi connectivity index (χ0n) is 16.7. The maximum absolute atomic E-state index is 13.2. The molecule has 1 atom stereocenters. The molecular formula is C22H24ClN3O4. The predicted molar refractivity (Wildman–Crippen MR) is 116 cm³/mol. The molecule has 2 heterocycles. The van der Waals surface area contributed by atoms with E-state index in [1.54, 1.807) is 36.4 Å². The quantitative estimate of drug-likeness (QED) is 0.736. The van der Waals surface area contributed by atoms with Gasteiger partial charge in [-0.15, -0.1) is 0 Å². The lowest BCUT2D eigenvalue weighted by Gasteiger charge is -2.37. The molecule has 0 bridgehead atoms. The van der Waals surface area contributed by atoms with Crippen LogP contribution in [0.25, 0.3) is 0 Å². The second-order valence-electron chi connectivity index (χ2n) is 7.42. The highest BCUT2D eigenvalue weighted by atomic mass is 35.5. The molecule has 4 rings (SSSR count). The first-order valence-electron chi connectivity index (χ1n) is 10.0. The average Bonchev–Trinajstić information content (AvgIpc) is 2.73. The lowest BCUT2D eigenvalue weighted by atomic mass is 9.97. The molecule has 8 heteroatoms. The van der Waals surface area contributed by atoms with Crippen LogP contribution in [-0.2, 0) is 0 Å². The van der Waals surface area contributed by atoms with E-state index in [1.807, 2.05) is 4.90 Å². The number of nitrogens with zero attached hydrogens (tertiary/aromatic N) is 1. The molecule has 1 saturated heterocycles. The molecule has 0 unspecified atom stereocenters. The summed E-state index contributed by atoms with van der Waals surface area (Å²) < 4.78 is 11.1. The molecule has 0 saturated carbocycles. The summed E-state index contributed by atoms with van der Waals surface area (Å²) in [6.07, 6.45) is 4.00. The van der Waals surface area contributed by atoms with E-state index < -0.39 is 6.03 Å². The molecule has 0 radical (unpaired) electrons. The number of carbonyl (C=O) groups is 2. The molecule has 0 aliphatic carbocycles. The van der Waals surface area contributed by atoms with Crippen LogP contribution in [0, 0.1) is 0 Å². The number of carbonyl (C=O) groups excluding carboxylic acids is 2. The molecule has 2 aromatic rings. The van der Waals surface area contributed by atoms with E-state index in [2.05, 4.69) is 10.6 Å². The summed E-state index contributed by atoms with van der Waals surface area (Å²) in [4.78, 5) is 27.6. The Labute approximate surface area is 180 Å². The third-order valence-corrected chi connectivity index (χ3v) is 5.71. The van der Waals surface area contributed by atoms with Crippen molar-refractivity contribution in [1.29, 1.82) is 0 Å². The third kappa shape index (κ3) is 4.31. The molecular weight excluding hydrogens is 406 g/mol. The summed E-state index contributed by atoms with van der Waals surface area (Å²) in [6, 6.07) is 9.83. The first kappa shape index (κ1) is 20.3. The van der Waals surface area contributed by atoms with Crippen molar-refractivity contribution in [3.05, 3.63) is 47.0 Å². The standard InChI is InChI=1S/C22H24ClN3O4/c1-29-20-7-5-14(23)12-18(20)25-22(28)24-15-6-8-19-17(13-15)21(27)26-10-3-2-4-16(26)9-11-30-19/h5-8,12-13,16H,2-4,9-11H2,1H3,(H2,24,25,28)/t16-/m1/s1. The van der Waals surface area contributed by atoms with Gasteiger partial charge < -0.3 is 25.0 Å². The third-order valence-electron chi connectivity index (χ3n) is 5.47. The van der Waals surface area contributed by atoms with E-state index >= 15 is 0 Å². The molecule has 1 fully saturated rings. The number of urea groups is 1. The van der Waals surface area contributed by atoms with Crippen LogP contribution in [-0.4, -0.2) is 43.1 Å². The van der Waals surface area contributed by atoms with Gasteiger partial charge in [-0.3, -0.25) is 4.79 Å². The number of piperidine rings is 1. The molecule has 7 nitrogen and oxygen atoms in total. The van der Waals surface area contributed by atoms with E-state index in [0.717, 1.165) is 32.2 Å². The zero-order valence-corrected chi connectivity index (χ0v) is 17.5. The molecule has 2 aliphatic heterocycles.